The van der Waals surface area contributed by atoms with Crippen LogP contribution < -0.4 is 10.9 Å². The molecule has 12 heteroatoms. The second-order valence-electron chi connectivity index (χ2n) is 6.72. The molecule has 1 atom stereocenters. The second-order valence-corrected chi connectivity index (χ2v) is 11.1. The van der Waals surface area contributed by atoms with Gasteiger partial charge in [-0.3, -0.25) is 9.59 Å². The van der Waals surface area contributed by atoms with E-state index in [2.05, 4.69) is 15.3 Å². The van der Waals surface area contributed by atoms with Crippen molar-refractivity contribution in [3.8, 4) is 0 Å². The number of aryl methyl sites for hydroxylation is 2. The summed E-state index contributed by atoms with van der Waals surface area (Å²) in [5.74, 6) is -3.52. The molecule has 2 heterocycles. The number of nitrogens with one attached hydrogen (secondary N) is 2. The average molecular weight is 488 g/mol. The van der Waals surface area contributed by atoms with Crippen LogP contribution in [0.15, 0.2) is 34.0 Å². The molecule has 0 aliphatic carbocycles. The van der Waals surface area contributed by atoms with Crippen molar-refractivity contribution in [1.29, 1.82) is 0 Å². The van der Waals surface area contributed by atoms with Crippen molar-refractivity contribution in [3.63, 3.8) is 0 Å². The summed E-state index contributed by atoms with van der Waals surface area (Å²) in [5, 5.41) is 2.28. The van der Waals surface area contributed by atoms with Crippen molar-refractivity contribution in [2.45, 2.75) is 42.4 Å². The zero-order valence-electron chi connectivity index (χ0n) is 16.7. The number of thioether (sulfide) groups is 1. The molecule has 2 N–H and O–H groups in total. The van der Waals surface area contributed by atoms with E-state index in [0.29, 0.717) is 16.0 Å². The van der Waals surface area contributed by atoms with E-state index < -0.39 is 31.6 Å². The van der Waals surface area contributed by atoms with Gasteiger partial charge in [-0.25, -0.2) is 13.4 Å². The highest BCUT2D eigenvalue weighted by Gasteiger charge is 2.30. The van der Waals surface area contributed by atoms with Gasteiger partial charge in [-0.1, -0.05) is 12.1 Å². The van der Waals surface area contributed by atoms with Crippen molar-refractivity contribution in [3.05, 3.63) is 50.9 Å². The Kier molecular flexibility index (Phi) is 6.82. The number of hydrogen-bond acceptors (Lipinski definition) is 7. The lowest BCUT2D eigenvalue weighted by molar-refractivity contribution is -0.115. The summed E-state index contributed by atoms with van der Waals surface area (Å²) < 4.78 is 49.5. The van der Waals surface area contributed by atoms with Gasteiger partial charge in [0, 0.05) is 4.88 Å². The molecule has 166 valence electrons. The van der Waals surface area contributed by atoms with Crippen molar-refractivity contribution in [2.75, 3.05) is 5.32 Å². The maximum absolute atomic E-state index is 12.9. The predicted molar refractivity (Wildman–Crippen MR) is 119 cm³/mol. The molecule has 0 fully saturated rings. The minimum absolute atomic E-state index is 0.210. The number of amides is 1. The van der Waals surface area contributed by atoms with Crippen LogP contribution in [0, 0.1) is 13.8 Å². The number of thiophene rings is 1. The number of benzene rings is 1. The fraction of sp³-hybridized carbons (Fsp3) is 0.316. The van der Waals surface area contributed by atoms with Gasteiger partial charge in [0.25, 0.3) is 5.56 Å². The first-order chi connectivity index (χ1) is 14.5. The van der Waals surface area contributed by atoms with Gasteiger partial charge in [0.2, 0.25) is 15.7 Å². The Morgan fingerprint density at radius 3 is 2.65 bits per heavy atom. The highest BCUT2D eigenvalue weighted by atomic mass is 32.2. The normalized spacial score (nSPS) is 13.0. The highest BCUT2D eigenvalue weighted by Crippen LogP contribution is 2.28. The van der Waals surface area contributed by atoms with Crippen LogP contribution in [0.25, 0.3) is 10.2 Å². The van der Waals surface area contributed by atoms with Crippen LogP contribution in [0.5, 0.6) is 0 Å². The Morgan fingerprint density at radius 1 is 1.29 bits per heavy atom. The summed E-state index contributed by atoms with van der Waals surface area (Å²) in [7, 11) is -4.86. The highest BCUT2D eigenvalue weighted by molar-refractivity contribution is 7.99. The number of rotatable bonds is 7. The number of carbonyl (C=O) groups excluding carboxylic acids is 1. The maximum atomic E-state index is 12.9. The predicted octanol–water partition coefficient (Wildman–Crippen LogP) is 3.86. The number of sulfone groups is 1. The van der Waals surface area contributed by atoms with E-state index >= 15 is 0 Å². The van der Waals surface area contributed by atoms with E-state index in [1.165, 1.54) is 41.3 Å². The van der Waals surface area contributed by atoms with Gasteiger partial charge in [0.1, 0.15) is 10.7 Å². The van der Waals surface area contributed by atoms with Gasteiger partial charge in [-0.2, -0.15) is 8.78 Å². The van der Waals surface area contributed by atoms with Crippen LogP contribution in [-0.4, -0.2) is 35.3 Å². The van der Waals surface area contributed by atoms with Gasteiger partial charge >= 0.3 is 5.76 Å². The Morgan fingerprint density at radius 2 is 1.97 bits per heavy atom. The number of aromatic amines is 1. The number of para-hydroxylation sites is 1. The first-order valence-corrected chi connectivity index (χ1v) is 12.5. The van der Waals surface area contributed by atoms with Crippen molar-refractivity contribution >= 4 is 54.7 Å². The molecule has 7 nitrogen and oxygen atoms in total. The third kappa shape index (κ3) is 4.80. The van der Waals surface area contributed by atoms with Crippen LogP contribution in [0.1, 0.15) is 23.2 Å². The SMILES string of the molecule is Cc1sc2nc(CSC(C)C(=O)Nc3ccccc3S(=O)(=O)C(F)F)[nH]c(=O)c2c1C. The number of nitrogens with zero attached hydrogens (tertiary/aromatic N) is 1. The minimum Gasteiger partial charge on any atom is -0.324 e. The van der Waals surface area contributed by atoms with E-state index in [9.17, 15) is 26.8 Å². The molecule has 1 amide bonds. The van der Waals surface area contributed by atoms with Crippen LogP contribution in [0.3, 0.4) is 0 Å². The number of aromatic nitrogens is 2. The van der Waals surface area contributed by atoms with Crippen LogP contribution in [-0.2, 0) is 20.4 Å². The number of hydrogen-bond donors (Lipinski definition) is 2. The zero-order valence-corrected chi connectivity index (χ0v) is 19.2. The average Bonchev–Trinajstić information content (AvgIpc) is 3.00. The first kappa shape index (κ1) is 23.4. The summed E-state index contributed by atoms with van der Waals surface area (Å²) in [6.07, 6.45) is 0. The summed E-state index contributed by atoms with van der Waals surface area (Å²) in [6.45, 7) is 5.35. The van der Waals surface area contributed by atoms with E-state index in [1.54, 1.807) is 6.92 Å². The molecular weight excluding hydrogens is 468 g/mol. The molecule has 0 saturated carbocycles. The molecule has 0 spiro atoms. The first-order valence-electron chi connectivity index (χ1n) is 9.04. The van der Waals surface area contributed by atoms with Crippen molar-refractivity contribution in [1.82, 2.24) is 9.97 Å². The maximum Gasteiger partial charge on any atom is 0.341 e. The van der Waals surface area contributed by atoms with Gasteiger partial charge in [-0.05, 0) is 38.5 Å². The topological polar surface area (TPSA) is 109 Å². The molecule has 3 aromatic rings. The number of anilines is 1. The van der Waals surface area contributed by atoms with E-state index in [4.69, 9.17) is 0 Å². The van der Waals surface area contributed by atoms with Gasteiger partial charge in [0.15, 0.2) is 0 Å². The molecule has 0 aliphatic heterocycles. The van der Waals surface area contributed by atoms with Crippen molar-refractivity contribution < 1.29 is 22.0 Å². The lowest BCUT2D eigenvalue weighted by Crippen LogP contribution is -2.24. The number of fused-ring (bicyclic) bond motifs is 1. The molecule has 31 heavy (non-hydrogen) atoms. The molecular formula is C19H19F2N3O4S3. The van der Waals surface area contributed by atoms with Crippen molar-refractivity contribution in [2.24, 2.45) is 0 Å². The molecule has 2 aromatic heterocycles. The largest absolute Gasteiger partial charge is 0.341 e. The number of halogens is 2. The Balaban J connectivity index is 1.73. The monoisotopic (exact) mass is 487 g/mol. The van der Waals surface area contributed by atoms with Gasteiger partial charge < -0.3 is 10.3 Å². The standard InChI is InChI=1S/C19H19F2N3O4S3/c1-9-10(2)30-18-15(9)17(26)23-14(24-18)8-29-11(3)16(25)22-12-6-4-5-7-13(12)31(27,28)19(20)21/h4-7,11,19H,8H2,1-3H3,(H,22,25)(H,23,24,26). The Bertz CT molecular complexity index is 1300. The number of carbonyl (C=O) groups is 1. The van der Waals surface area contributed by atoms with Gasteiger partial charge in [-0.15, -0.1) is 23.1 Å². The summed E-state index contributed by atoms with van der Waals surface area (Å²) in [5.41, 5.74) is 0.432. The third-order valence-corrected chi connectivity index (χ3v) is 8.31. The van der Waals surface area contributed by atoms with E-state index in [0.717, 1.165) is 16.5 Å². The quantitative estimate of drug-likeness (QED) is 0.524. The zero-order chi connectivity index (χ0) is 22.9. The van der Waals surface area contributed by atoms with E-state index in [1.807, 2.05) is 13.8 Å². The molecule has 0 saturated heterocycles. The Labute approximate surface area is 185 Å². The van der Waals surface area contributed by atoms with Crippen LogP contribution in [0.4, 0.5) is 14.5 Å². The fourth-order valence-corrected chi connectivity index (χ4v) is 5.49. The minimum atomic E-state index is -4.86. The lowest BCUT2D eigenvalue weighted by atomic mass is 10.2. The van der Waals surface area contributed by atoms with Crippen LogP contribution >= 0.6 is 23.1 Å². The number of alkyl halides is 2. The molecule has 0 aliphatic rings. The summed E-state index contributed by atoms with van der Waals surface area (Å²) >= 11 is 2.58. The summed E-state index contributed by atoms with van der Waals surface area (Å²) in [4.78, 5) is 33.0. The molecule has 0 radical (unpaired) electrons. The van der Waals surface area contributed by atoms with Crippen LogP contribution in [0.2, 0.25) is 0 Å². The molecule has 0 bridgehead atoms. The smallest absolute Gasteiger partial charge is 0.324 e. The molecule has 3 rings (SSSR count). The lowest BCUT2D eigenvalue weighted by Gasteiger charge is -2.14. The molecule has 1 unspecified atom stereocenters. The third-order valence-electron chi connectivity index (χ3n) is 4.61. The second kappa shape index (κ2) is 9.05. The Hall–Kier alpha value is -2.31. The summed E-state index contributed by atoms with van der Waals surface area (Å²) in [6, 6.07) is 5.00. The molecule has 1 aromatic carbocycles. The van der Waals surface area contributed by atoms with E-state index in [-0.39, 0.29) is 17.0 Å². The fourth-order valence-electron chi connectivity index (χ4n) is 2.80. The van der Waals surface area contributed by atoms with Gasteiger partial charge in [0.05, 0.1) is 27.0 Å². The number of H-pyrrole nitrogens is 1.